The minimum atomic E-state index is -0.473. The Labute approximate surface area is 146 Å². The molecular weight excluding hydrogens is 358 g/mol. The molecular formula is C17H26BrN3O2. The zero-order valence-corrected chi connectivity index (χ0v) is 15.7. The zero-order valence-electron chi connectivity index (χ0n) is 14.1. The standard InChI is InChI=1S/C17H26BrN3O2/c1-17(2,3)16(22)23-21-10-8-20(9-11-21)15-5-4-13(6-7-19)12-14(15)18/h4-5,12H,6-11,19H2,1-3H3. The van der Waals surface area contributed by atoms with Crippen molar-refractivity contribution in [3.63, 3.8) is 0 Å². The first kappa shape index (κ1) is 18.2. The summed E-state index contributed by atoms with van der Waals surface area (Å²) in [6.45, 7) is 9.32. The summed E-state index contributed by atoms with van der Waals surface area (Å²) in [5.41, 5.74) is 7.54. The van der Waals surface area contributed by atoms with Crippen LogP contribution in [0.15, 0.2) is 22.7 Å². The maximum atomic E-state index is 11.9. The Kier molecular flexibility index (Phi) is 6.06. The largest absolute Gasteiger partial charge is 0.368 e. The molecule has 5 nitrogen and oxygen atoms in total. The fourth-order valence-corrected chi connectivity index (χ4v) is 3.08. The van der Waals surface area contributed by atoms with Crippen molar-refractivity contribution in [2.24, 2.45) is 11.1 Å². The SMILES string of the molecule is CC(C)(C)C(=O)ON1CCN(c2ccc(CCN)cc2Br)CC1. The van der Waals surface area contributed by atoms with Crippen LogP contribution < -0.4 is 10.6 Å². The second kappa shape index (κ2) is 7.64. The van der Waals surface area contributed by atoms with Gasteiger partial charge >= 0.3 is 5.97 Å². The maximum Gasteiger partial charge on any atom is 0.330 e. The van der Waals surface area contributed by atoms with E-state index in [1.807, 2.05) is 20.8 Å². The van der Waals surface area contributed by atoms with E-state index in [4.69, 9.17) is 10.6 Å². The van der Waals surface area contributed by atoms with Crippen LogP contribution in [0.25, 0.3) is 0 Å². The molecule has 0 spiro atoms. The Balaban J connectivity index is 1.93. The summed E-state index contributed by atoms with van der Waals surface area (Å²) < 4.78 is 1.09. The molecule has 1 aliphatic heterocycles. The lowest BCUT2D eigenvalue weighted by molar-refractivity contribution is -0.201. The molecule has 128 valence electrons. The molecule has 1 saturated heterocycles. The number of halogens is 1. The first-order valence-electron chi connectivity index (χ1n) is 8.02. The number of carbonyl (C=O) groups is 1. The molecule has 1 aromatic carbocycles. The van der Waals surface area contributed by atoms with Gasteiger partial charge in [-0.25, -0.2) is 4.79 Å². The molecule has 0 saturated carbocycles. The maximum absolute atomic E-state index is 11.9. The van der Waals surface area contributed by atoms with Gasteiger partial charge in [0.25, 0.3) is 0 Å². The summed E-state index contributed by atoms with van der Waals surface area (Å²) in [5, 5.41) is 1.76. The molecule has 23 heavy (non-hydrogen) atoms. The number of piperazine rings is 1. The molecule has 2 rings (SSSR count). The Bertz CT molecular complexity index is 549. The van der Waals surface area contributed by atoms with Crippen molar-refractivity contribution in [1.29, 1.82) is 0 Å². The predicted molar refractivity (Wildman–Crippen MR) is 96.2 cm³/mol. The lowest BCUT2D eigenvalue weighted by Gasteiger charge is -2.36. The fourth-order valence-electron chi connectivity index (χ4n) is 2.40. The molecule has 6 heteroatoms. The van der Waals surface area contributed by atoms with E-state index in [1.165, 1.54) is 11.3 Å². The highest BCUT2D eigenvalue weighted by molar-refractivity contribution is 9.10. The molecule has 0 bridgehead atoms. The molecule has 0 radical (unpaired) electrons. The topological polar surface area (TPSA) is 58.8 Å². The molecule has 0 unspecified atom stereocenters. The molecule has 0 amide bonds. The third-order valence-corrected chi connectivity index (χ3v) is 4.48. The smallest absolute Gasteiger partial charge is 0.330 e. The van der Waals surface area contributed by atoms with Gasteiger partial charge in [0.05, 0.1) is 24.2 Å². The van der Waals surface area contributed by atoms with E-state index in [2.05, 4.69) is 39.0 Å². The monoisotopic (exact) mass is 383 g/mol. The minimum Gasteiger partial charge on any atom is -0.368 e. The summed E-state index contributed by atoms with van der Waals surface area (Å²) >= 11 is 3.65. The highest BCUT2D eigenvalue weighted by Crippen LogP contribution is 2.28. The van der Waals surface area contributed by atoms with Crippen molar-refractivity contribution in [1.82, 2.24) is 5.06 Å². The van der Waals surface area contributed by atoms with Gasteiger partial charge in [-0.2, -0.15) is 0 Å². The Morgan fingerprint density at radius 1 is 1.26 bits per heavy atom. The summed E-state index contributed by atoms with van der Waals surface area (Å²) in [5.74, 6) is -0.182. The lowest BCUT2D eigenvalue weighted by Crippen LogP contribution is -2.48. The summed E-state index contributed by atoms with van der Waals surface area (Å²) in [6, 6.07) is 6.39. The van der Waals surface area contributed by atoms with Crippen LogP contribution in [-0.2, 0) is 16.1 Å². The van der Waals surface area contributed by atoms with Crippen LogP contribution >= 0.6 is 15.9 Å². The molecule has 0 aromatic heterocycles. The number of hydrogen-bond acceptors (Lipinski definition) is 5. The van der Waals surface area contributed by atoms with Gasteiger partial charge in [0.15, 0.2) is 0 Å². The lowest BCUT2D eigenvalue weighted by atomic mass is 9.98. The molecule has 0 aliphatic carbocycles. The first-order chi connectivity index (χ1) is 10.8. The van der Waals surface area contributed by atoms with Crippen LogP contribution in [0.4, 0.5) is 5.69 Å². The average Bonchev–Trinajstić information content (AvgIpc) is 2.48. The molecule has 1 aromatic rings. The second-order valence-electron chi connectivity index (χ2n) is 6.87. The van der Waals surface area contributed by atoms with Crippen LogP contribution in [0.3, 0.4) is 0 Å². The Morgan fingerprint density at radius 2 is 1.91 bits per heavy atom. The predicted octanol–water partition coefficient (Wildman–Crippen LogP) is 2.58. The van der Waals surface area contributed by atoms with E-state index < -0.39 is 5.41 Å². The third-order valence-electron chi connectivity index (χ3n) is 3.85. The van der Waals surface area contributed by atoms with Crippen LogP contribution in [0.2, 0.25) is 0 Å². The number of hydroxylamine groups is 2. The molecule has 1 fully saturated rings. The van der Waals surface area contributed by atoms with Gasteiger partial charge in [-0.15, -0.1) is 5.06 Å². The number of nitrogens with two attached hydrogens (primary N) is 1. The third kappa shape index (κ3) is 4.93. The van der Waals surface area contributed by atoms with Crippen LogP contribution in [-0.4, -0.2) is 43.8 Å². The molecule has 1 heterocycles. The normalized spacial score (nSPS) is 16.5. The van der Waals surface area contributed by atoms with E-state index in [0.717, 1.165) is 24.0 Å². The number of benzene rings is 1. The minimum absolute atomic E-state index is 0.182. The van der Waals surface area contributed by atoms with Gasteiger partial charge in [0.2, 0.25) is 0 Å². The quantitative estimate of drug-likeness (QED) is 0.865. The molecule has 2 N–H and O–H groups in total. The fraction of sp³-hybridized carbons (Fsp3) is 0.588. The number of carbonyl (C=O) groups excluding carboxylic acids is 1. The van der Waals surface area contributed by atoms with E-state index in [0.29, 0.717) is 19.6 Å². The Hall–Kier alpha value is -1.11. The van der Waals surface area contributed by atoms with Crippen molar-refractivity contribution >= 4 is 27.6 Å². The van der Waals surface area contributed by atoms with E-state index in [9.17, 15) is 4.79 Å². The van der Waals surface area contributed by atoms with Gasteiger partial charge in [0, 0.05) is 17.6 Å². The van der Waals surface area contributed by atoms with Crippen molar-refractivity contribution < 1.29 is 9.63 Å². The highest BCUT2D eigenvalue weighted by Gasteiger charge is 2.28. The first-order valence-corrected chi connectivity index (χ1v) is 8.81. The highest BCUT2D eigenvalue weighted by atomic mass is 79.9. The summed E-state index contributed by atoms with van der Waals surface area (Å²) in [6.07, 6.45) is 0.884. The number of anilines is 1. The van der Waals surface area contributed by atoms with Gasteiger partial charge in [0.1, 0.15) is 0 Å². The van der Waals surface area contributed by atoms with Crippen molar-refractivity contribution in [3.05, 3.63) is 28.2 Å². The van der Waals surface area contributed by atoms with Gasteiger partial charge in [-0.3, -0.25) is 0 Å². The number of nitrogens with zero attached hydrogens (tertiary/aromatic N) is 2. The molecule has 1 aliphatic rings. The zero-order chi connectivity index (χ0) is 17.0. The van der Waals surface area contributed by atoms with Crippen LogP contribution in [0.5, 0.6) is 0 Å². The summed E-state index contributed by atoms with van der Waals surface area (Å²) in [4.78, 5) is 19.7. The number of rotatable bonds is 4. The average molecular weight is 384 g/mol. The second-order valence-corrected chi connectivity index (χ2v) is 7.72. The van der Waals surface area contributed by atoms with Crippen molar-refractivity contribution in [2.45, 2.75) is 27.2 Å². The number of hydrogen-bond donors (Lipinski definition) is 1. The van der Waals surface area contributed by atoms with Crippen molar-refractivity contribution in [2.75, 3.05) is 37.6 Å². The van der Waals surface area contributed by atoms with Crippen LogP contribution in [0, 0.1) is 5.41 Å². The van der Waals surface area contributed by atoms with Crippen LogP contribution in [0.1, 0.15) is 26.3 Å². The van der Waals surface area contributed by atoms with Gasteiger partial charge < -0.3 is 15.5 Å². The summed E-state index contributed by atoms with van der Waals surface area (Å²) in [7, 11) is 0. The van der Waals surface area contributed by atoms with E-state index >= 15 is 0 Å². The van der Waals surface area contributed by atoms with Gasteiger partial charge in [-0.1, -0.05) is 6.07 Å². The Morgan fingerprint density at radius 3 is 2.43 bits per heavy atom. The van der Waals surface area contributed by atoms with Gasteiger partial charge in [-0.05, 0) is 67.4 Å². The molecule has 0 atom stereocenters. The van der Waals surface area contributed by atoms with E-state index in [-0.39, 0.29) is 5.97 Å². The van der Waals surface area contributed by atoms with Crippen molar-refractivity contribution in [3.8, 4) is 0 Å². The van der Waals surface area contributed by atoms with E-state index in [1.54, 1.807) is 5.06 Å².